The monoisotopic (exact) mass is 309 g/mol. The number of amides is 2. The number of carbonyl (C=O) groups excluding carboxylic acids is 2. The quantitative estimate of drug-likeness (QED) is 0.785. The number of nitrogens with one attached hydrogen (secondary N) is 2. The zero-order chi connectivity index (χ0) is 15.3. The molecule has 0 fully saturated rings. The minimum Gasteiger partial charge on any atom is -0.346 e. The van der Waals surface area contributed by atoms with E-state index in [-0.39, 0.29) is 17.3 Å². The fraction of sp³-hybridized carbons (Fsp3) is 0.273. The first-order valence-electron chi connectivity index (χ1n) is 5.37. The first kappa shape index (κ1) is 16.3. The molecule has 0 aliphatic heterocycles. The number of hydrogen-bond donors (Lipinski definition) is 3. The van der Waals surface area contributed by atoms with Crippen molar-refractivity contribution in [2.75, 3.05) is 18.4 Å². The third-order valence-corrected chi connectivity index (χ3v) is 2.53. The Morgan fingerprint density at radius 1 is 1.25 bits per heavy atom. The molecule has 0 saturated heterocycles. The van der Waals surface area contributed by atoms with Crippen LogP contribution in [0.3, 0.4) is 0 Å². The molecule has 20 heavy (non-hydrogen) atoms. The molecule has 1 aromatic rings. The number of carbonyl (C=O) groups is 2. The maximum Gasteiger partial charge on any atom is 0.416 e. The average molecular weight is 310 g/mol. The second kappa shape index (κ2) is 6.58. The predicted octanol–water partition coefficient (Wildman–Crippen LogP) is 1.37. The van der Waals surface area contributed by atoms with E-state index in [2.05, 4.69) is 10.6 Å². The van der Waals surface area contributed by atoms with E-state index in [0.717, 1.165) is 12.1 Å². The zero-order valence-electron chi connectivity index (χ0n) is 10.1. The van der Waals surface area contributed by atoms with Crippen molar-refractivity contribution >= 4 is 29.1 Å². The Balaban J connectivity index is 2.76. The van der Waals surface area contributed by atoms with E-state index in [1.807, 2.05) is 0 Å². The summed E-state index contributed by atoms with van der Waals surface area (Å²) in [5.41, 5.74) is 3.88. The number of anilines is 1. The first-order chi connectivity index (χ1) is 9.24. The summed E-state index contributed by atoms with van der Waals surface area (Å²) in [5.74, 6) is -1.27. The van der Waals surface area contributed by atoms with Gasteiger partial charge in [-0.2, -0.15) is 13.2 Å². The van der Waals surface area contributed by atoms with Crippen molar-refractivity contribution in [2.24, 2.45) is 5.73 Å². The van der Waals surface area contributed by atoms with Crippen LogP contribution >= 0.6 is 11.6 Å². The van der Waals surface area contributed by atoms with Crippen molar-refractivity contribution in [2.45, 2.75) is 6.18 Å². The van der Waals surface area contributed by atoms with E-state index in [1.165, 1.54) is 0 Å². The molecule has 1 rings (SSSR count). The van der Waals surface area contributed by atoms with E-state index >= 15 is 0 Å². The topological polar surface area (TPSA) is 84.2 Å². The SMILES string of the molecule is NCC(=O)NCC(=O)Nc1cc(C(F)(F)F)ccc1Cl. The minimum absolute atomic E-state index is 0.0449. The van der Waals surface area contributed by atoms with Crippen LogP contribution in [-0.2, 0) is 15.8 Å². The summed E-state index contributed by atoms with van der Waals surface area (Å²) in [7, 11) is 0. The largest absolute Gasteiger partial charge is 0.416 e. The number of nitrogens with two attached hydrogens (primary N) is 1. The van der Waals surface area contributed by atoms with Crippen LogP contribution in [-0.4, -0.2) is 24.9 Å². The fourth-order valence-corrected chi connectivity index (χ4v) is 1.41. The molecule has 0 unspecified atom stereocenters. The van der Waals surface area contributed by atoms with Gasteiger partial charge in [-0.15, -0.1) is 0 Å². The molecule has 1 aromatic carbocycles. The fourth-order valence-electron chi connectivity index (χ4n) is 1.24. The Hall–Kier alpha value is -1.80. The normalized spacial score (nSPS) is 11.1. The standard InChI is InChI=1S/C11H11ClF3N3O2/c12-7-2-1-6(11(13,14)15)3-8(7)18-10(20)5-17-9(19)4-16/h1-3H,4-5,16H2,(H,17,19)(H,18,20). The molecule has 0 heterocycles. The summed E-state index contributed by atoms with van der Waals surface area (Å²) in [4.78, 5) is 22.3. The second-order valence-electron chi connectivity index (χ2n) is 3.72. The Morgan fingerprint density at radius 2 is 1.90 bits per heavy atom. The van der Waals surface area contributed by atoms with Crippen LogP contribution in [0.25, 0.3) is 0 Å². The lowest BCUT2D eigenvalue weighted by Gasteiger charge is -2.11. The van der Waals surface area contributed by atoms with E-state index in [4.69, 9.17) is 17.3 Å². The molecule has 110 valence electrons. The van der Waals surface area contributed by atoms with Crippen molar-refractivity contribution in [3.05, 3.63) is 28.8 Å². The highest BCUT2D eigenvalue weighted by Gasteiger charge is 2.31. The van der Waals surface area contributed by atoms with Crippen LogP contribution in [0.15, 0.2) is 18.2 Å². The molecule has 5 nitrogen and oxygen atoms in total. The van der Waals surface area contributed by atoms with Crippen LogP contribution < -0.4 is 16.4 Å². The lowest BCUT2D eigenvalue weighted by atomic mass is 10.2. The van der Waals surface area contributed by atoms with Gasteiger partial charge >= 0.3 is 6.18 Å². The molecule has 0 radical (unpaired) electrons. The van der Waals surface area contributed by atoms with Gasteiger partial charge in [-0.1, -0.05) is 11.6 Å². The maximum absolute atomic E-state index is 12.5. The molecule has 0 aliphatic carbocycles. The summed E-state index contributed by atoms with van der Waals surface area (Å²) in [6.07, 6.45) is -4.54. The van der Waals surface area contributed by atoms with Crippen LogP contribution in [0.2, 0.25) is 5.02 Å². The maximum atomic E-state index is 12.5. The molecular formula is C11H11ClF3N3O2. The van der Waals surface area contributed by atoms with E-state index in [9.17, 15) is 22.8 Å². The summed E-state index contributed by atoms with van der Waals surface area (Å²) in [6.45, 7) is -0.708. The van der Waals surface area contributed by atoms with Gasteiger partial charge in [0.25, 0.3) is 0 Å². The molecule has 0 aromatic heterocycles. The zero-order valence-corrected chi connectivity index (χ0v) is 10.8. The molecular weight excluding hydrogens is 299 g/mol. The minimum atomic E-state index is -4.54. The number of alkyl halides is 3. The van der Waals surface area contributed by atoms with Gasteiger partial charge in [-0.25, -0.2) is 0 Å². The molecule has 0 spiro atoms. The molecule has 4 N–H and O–H groups in total. The summed E-state index contributed by atoms with van der Waals surface area (Å²) in [6, 6.07) is 2.54. The summed E-state index contributed by atoms with van der Waals surface area (Å²) >= 11 is 5.69. The highest BCUT2D eigenvalue weighted by atomic mass is 35.5. The Morgan fingerprint density at radius 3 is 2.45 bits per heavy atom. The molecule has 0 atom stereocenters. The van der Waals surface area contributed by atoms with Crippen LogP contribution in [0, 0.1) is 0 Å². The summed E-state index contributed by atoms with van der Waals surface area (Å²) < 4.78 is 37.5. The first-order valence-corrected chi connectivity index (χ1v) is 5.75. The highest BCUT2D eigenvalue weighted by Crippen LogP contribution is 2.33. The van der Waals surface area contributed by atoms with Crippen molar-refractivity contribution in [1.29, 1.82) is 0 Å². The van der Waals surface area contributed by atoms with Gasteiger partial charge in [-0.05, 0) is 18.2 Å². The van der Waals surface area contributed by atoms with Gasteiger partial charge in [0.2, 0.25) is 11.8 Å². The van der Waals surface area contributed by atoms with Crippen molar-refractivity contribution in [1.82, 2.24) is 5.32 Å². The summed E-state index contributed by atoms with van der Waals surface area (Å²) in [5, 5.41) is 4.31. The van der Waals surface area contributed by atoms with E-state index in [0.29, 0.717) is 6.07 Å². The third-order valence-electron chi connectivity index (χ3n) is 2.20. The lowest BCUT2D eigenvalue weighted by Crippen LogP contribution is -2.36. The van der Waals surface area contributed by atoms with Crippen molar-refractivity contribution < 1.29 is 22.8 Å². The van der Waals surface area contributed by atoms with Gasteiger partial charge < -0.3 is 16.4 Å². The molecule has 0 bridgehead atoms. The molecule has 2 amide bonds. The predicted molar refractivity (Wildman–Crippen MR) is 67.1 cm³/mol. The van der Waals surface area contributed by atoms with Gasteiger partial charge in [-0.3, -0.25) is 9.59 Å². The van der Waals surface area contributed by atoms with Gasteiger partial charge in [0.05, 0.1) is 29.4 Å². The third kappa shape index (κ3) is 4.71. The van der Waals surface area contributed by atoms with E-state index < -0.39 is 30.1 Å². The number of rotatable bonds is 4. The highest BCUT2D eigenvalue weighted by molar-refractivity contribution is 6.33. The van der Waals surface area contributed by atoms with Crippen LogP contribution in [0.4, 0.5) is 18.9 Å². The van der Waals surface area contributed by atoms with Gasteiger partial charge in [0.1, 0.15) is 0 Å². The Bertz CT molecular complexity index is 520. The number of benzene rings is 1. The smallest absolute Gasteiger partial charge is 0.346 e. The van der Waals surface area contributed by atoms with Gasteiger partial charge in [0, 0.05) is 0 Å². The number of halogens is 4. The van der Waals surface area contributed by atoms with E-state index in [1.54, 1.807) is 0 Å². The van der Waals surface area contributed by atoms with Crippen molar-refractivity contribution in [3.8, 4) is 0 Å². The molecule has 0 saturated carbocycles. The average Bonchev–Trinajstić information content (AvgIpc) is 2.37. The Labute approximate surface area is 117 Å². The lowest BCUT2D eigenvalue weighted by molar-refractivity contribution is -0.137. The molecule has 0 aliphatic rings. The van der Waals surface area contributed by atoms with Crippen LogP contribution in [0.1, 0.15) is 5.56 Å². The molecule has 9 heteroatoms. The number of hydrogen-bond acceptors (Lipinski definition) is 3. The van der Waals surface area contributed by atoms with Gasteiger partial charge in [0.15, 0.2) is 0 Å². The van der Waals surface area contributed by atoms with Crippen LogP contribution in [0.5, 0.6) is 0 Å². The second-order valence-corrected chi connectivity index (χ2v) is 4.13. The Kier molecular flexibility index (Phi) is 5.34. The van der Waals surface area contributed by atoms with Crippen molar-refractivity contribution in [3.63, 3.8) is 0 Å².